The summed E-state index contributed by atoms with van der Waals surface area (Å²) in [6, 6.07) is 36.9. The maximum absolute atomic E-state index is 13.5. The largest absolute Gasteiger partial charge is 0.325 e. The number of hydrogen-bond acceptors (Lipinski definition) is 7. The van der Waals surface area contributed by atoms with Gasteiger partial charge in [-0.25, -0.2) is 0 Å². The predicted molar refractivity (Wildman–Crippen MR) is 190 cm³/mol. The van der Waals surface area contributed by atoms with E-state index in [9.17, 15) is 29.3 Å². The predicted octanol–water partition coefficient (Wildman–Crippen LogP) is 7.68. The first-order valence-corrected chi connectivity index (χ1v) is 15.9. The fraction of sp³-hybridized carbons (Fsp3) is 0.0526. The Kier molecular flexibility index (Phi) is 11.1. The first-order valence-electron chi connectivity index (χ1n) is 15.0. The van der Waals surface area contributed by atoms with Gasteiger partial charge in [0.2, 0.25) is 5.91 Å². The van der Waals surface area contributed by atoms with Crippen LogP contribution in [0.5, 0.6) is 0 Å². The number of para-hydroxylation sites is 1. The van der Waals surface area contributed by atoms with Crippen LogP contribution in [0.1, 0.15) is 44.0 Å². The Morgan fingerprint density at radius 2 is 1.27 bits per heavy atom. The Balaban J connectivity index is 1.35. The lowest BCUT2D eigenvalue weighted by atomic mass is 10.1. The molecule has 5 aromatic rings. The van der Waals surface area contributed by atoms with Crippen molar-refractivity contribution >= 4 is 58.4 Å². The zero-order valence-corrected chi connectivity index (χ0v) is 27.0. The number of ketones is 1. The minimum atomic E-state index is -0.694. The fourth-order valence-corrected chi connectivity index (χ4v) is 5.75. The van der Waals surface area contributed by atoms with Gasteiger partial charge in [0, 0.05) is 33.5 Å². The minimum absolute atomic E-state index is 0.0698. The summed E-state index contributed by atoms with van der Waals surface area (Å²) >= 11 is 1.31. The van der Waals surface area contributed by atoms with Gasteiger partial charge in [-0.1, -0.05) is 60.7 Å². The normalized spacial score (nSPS) is 11.6. The summed E-state index contributed by atoms with van der Waals surface area (Å²) in [6.07, 6.45) is 1.26. The third kappa shape index (κ3) is 9.15. The number of nitro groups is 1. The lowest BCUT2D eigenvalue weighted by molar-refractivity contribution is -0.385. The third-order valence-corrected chi connectivity index (χ3v) is 8.49. The van der Waals surface area contributed by atoms with Crippen LogP contribution in [0.15, 0.2) is 144 Å². The van der Waals surface area contributed by atoms with Crippen LogP contribution in [-0.2, 0) is 9.59 Å². The van der Waals surface area contributed by atoms with E-state index in [0.29, 0.717) is 22.5 Å². The Morgan fingerprint density at radius 1 is 0.694 bits per heavy atom. The number of Topliss-reactive ketones (excluding diaryl/α,β-unsaturated/α-hetero) is 1. The molecule has 0 saturated heterocycles. The molecule has 0 aliphatic carbocycles. The number of hydrogen-bond donors (Lipinski definition) is 3. The van der Waals surface area contributed by atoms with Crippen LogP contribution in [0.2, 0.25) is 0 Å². The highest BCUT2D eigenvalue weighted by Crippen LogP contribution is 2.37. The van der Waals surface area contributed by atoms with Gasteiger partial charge in [-0.2, -0.15) is 0 Å². The average Bonchev–Trinajstić information content (AvgIpc) is 3.12. The third-order valence-electron chi connectivity index (χ3n) is 7.23. The molecule has 3 amide bonds. The first-order chi connectivity index (χ1) is 23.7. The molecule has 5 aromatic carbocycles. The van der Waals surface area contributed by atoms with Gasteiger partial charge in [-0.05, 0) is 85.3 Å². The fourth-order valence-electron chi connectivity index (χ4n) is 4.72. The van der Waals surface area contributed by atoms with Crippen LogP contribution in [0.3, 0.4) is 0 Å². The molecule has 0 spiro atoms. The zero-order valence-electron chi connectivity index (χ0n) is 26.2. The number of nitrogens with zero attached hydrogens (tertiary/aromatic N) is 1. The molecule has 244 valence electrons. The van der Waals surface area contributed by atoms with Crippen molar-refractivity contribution in [1.29, 1.82) is 0 Å². The second-order valence-corrected chi connectivity index (χ2v) is 11.9. The number of anilines is 2. The average molecular weight is 671 g/mol. The summed E-state index contributed by atoms with van der Waals surface area (Å²) in [7, 11) is 0. The number of rotatable bonds is 12. The van der Waals surface area contributed by atoms with E-state index in [1.165, 1.54) is 43.0 Å². The first kappa shape index (κ1) is 34.0. The molecular formula is C38H30N4O6S. The van der Waals surface area contributed by atoms with Crippen LogP contribution in [-0.4, -0.2) is 28.4 Å². The Labute approximate surface area is 286 Å². The van der Waals surface area contributed by atoms with Crippen LogP contribution in [0.4, 0.5) is 17.1 Å². The van der Waals surface area contributed by atoms with Crippen LogP contribution < -0.4 is 16.0 Å². The molecule has 1 atom stereocenters. The standard InChI is InChI=1S/C38H30N4O6S/c1-25(43)26-16-18-30(19-17-26)40-38(46)35(27-10-4-2-5-11-27)49-32-22-20-31(21-23-32)39-37(45)33(41-36(44)28-12-6-3-7-13-28)24-29-14-8-9-15-34(29)42(47)48/h2-24,35H,1H3,(H,39,45)(H,40,46)(H,41,44)/b33-24-. The van der Waals surface area contributed by atoms with Crippen molar-refractivity contribution < 1.29 is 24.1 Å². The molecule has 0 saturated carbocycles. The van der Waals surface area contributed by atoms with E-state index >= 15 is 0 Å². The van der Waals surface area contributed by atoms with Crippen molar-refractivity contribution in [2.75, 3.05) is 10.6 Å². The topological polar surface area (TPSA) is 148 Å². The van der Waals surface area contributed by atoms with Gasteiger partial charge in [-0.15, -0.1) is 11.8 Å². The lowest BCUT2D eigenvalue weighted by Crippen LogP contribution is -2.30. The maximum Gasteiger partial charge on any atom is 0.276 e. The SMILES string of the molecule is CC(=O)c1ccc(NC(=O)C(Sc2ccc(NC(=O)/C(=C/c3ccccc3[N+](=O)[O-])NC(=O)c3ccccc3)cc2)c2ccccc2)cc1. The van der Waals surface area contributed by atoms with Crippen molar-refractivity contribution in [2.45, 2.75) is 17.1 Å². The summed E-state index contributed by atoms with van der Waals surface area (Å²) in [5.41, 5.74) is 2.28. The Bertz CT molecular complexity index is 2020. The molecule has 0 aliphatic rings. The van der Waals surface area contributed by atoms with Gasteiger partial charge in [0.1, 0.15) is 10.9 Å². The number of benzene rings is 5. The summed E-state index contributed by atoms with van der Waals surface area (Å²) < 4.78 is 0. The highest BCUT2D eigenvalue weighted by atomic mass is 32.2. The van der Waals surface area contributed by atoms with Crippen LogP contribution in [0, 0.1) is 10.1 Å². The number of amides is 3. The van der Waals surface area contributed by atoms with Crippen molar-refractivity contribution in [3.63, 3.8) is 0 Å². The number of nitrogens with one attached hydrogen (secondary N) is 3. The molecule has 49 heavy (non-hydrogen) atoms. The van der Waals surface area contributed by atoms with Gasteiger partial charge < -0.3 is 16.0 Å². The number of carbonyl (C=O) groups excluding carboxylic acids is 4. The molecule has 0 bridgehead atoms. The van der Waals surface area contributed by atoms with Crippen molar-refractivity contribution in [1.82, 2.24) is 5.32 Å². The van der Waals surface area contributed by atoms with Crippen molar-refractivity contribution in [3.05, 3.63) is 172 Å². The molecule has 10 nitrogen and oxygen atoms in total. The molecule has 0 aliphatic heterocycles. The van der Waals surface area contributed by atoms with Crippen molar-refractivity contribution in [2.24, 2.45) is 0 Å². The summed E-state index contributed by atoms with van der Waals surface area (Å²) in [4.78, 5) is 63.4. The molecule has 0 radical (unpaired) electrons. The smallest absolute Gasteiger partial charge is 0.276 e. The van der Waals surface area contributed by atoms with Crippen molar-refractivity contribution in [3.8, 4) is 0 Å². The van der Waals surface area contributed by atoms with E-state index < -0.39 is 22.0 Å². The second kappa shape index (κ2) is 16.0. The molecular weight excluding hydrogens is 641 g/mol. The molecule has 11 heteroatoms. The highest BCUT2D eigenvalue weighted by Gasteiger charge is 2.23. The van der Waals surface area contributed by atoms with Gasteiger partial charge in [0.15, 0.2) is 5.78 Å². The lowest BCUT2D eigenvalue weighted by Gasteiger charge is -2.18. The van der Waals surface area contributed by atoms with Crippen LogP contribution >= 0.6 is 11.8 Å². The Hall–Kier alpha value is -6.33. The quantitative estimate of drug-likeness (QED) is 0.0406. The number of carbonyl (C=O) groups is 4. The van der Waals surface area contributed by atoms with Crippen LogP contribution in [0.25, 0.3) is 6.08 Å². The molecule has 0 aromatic heterocycles. The summed E-state index contributed by atoms with van der Waals surface area (Å²) in [5.74, 6) is -1.59. The van der Waals surface area contributed by atoms with E-state index in [0.717, 1.165) is 10.5 Å². The van der Waals surface area contributed by atoms with E-state index in [-0.39, 0.29) is 28.6 Å². The van der Waals surface area contributed by atoms with Gasteiger partial charge >= 0.3 is 0 Å². The molecule has 0 heterocycles. The van der Waals surface area contributed by atoms with Gasteiger partial charge in [0.05, 0.1) is 10.5 Å². The molecule has 3 N–H and O–H groups in total. The maximum atomic E-state index is 13.5. The van der Waals surface area contributed by atoms with E-state index in [4.69, 9.17) is 0 Å². The highest BCUT2D eigenvalue weighted by molar-refractivity contribution is 8.00. The summed E-state index contributed by atoms with van der Waals surface area (Å²) in [5, 5.41) is 19.3. The van der Waals surface area contributed by atoms with E-state index in [2.05, 4.69) is 16.0 Å². The Morgan fingerprint density at radius 3 is 1.90 bits per heavy atom. The molecule has 5 rings (SSSR count). The monoisotopic (exact) mass is 670 g/mol. The zero-order chi connectivity index (χ0) is 34.8. The minimum Gasteiger partial charge on any atom is -0.325 e. The summed E-state index contributed by atoms with van der Waals surface area (Å²) in [6.45, 7) is 1.48. The van der Waals surface area contributed by atoms with Gasteiger partial charge in [-0.3, -0.25) is 29.3 Å². The molecule has 0 fully saturated rings. The molecule has 1 unspecified atom stereocenters. The second-order valence-electron chi connectivity index (χ2n) is 10.7. The number of nitro benzene ring substituents is 1. The van der Waals surface area contributed by atoms with E-state index in [1.54, 1.807) is 84.9 Å². The van der Waals surface area contributed by atoms with E-state index in [1.807, 2.05) is 30.3 Å². The number of thioether (sulfide) groups is 1. The van der Waals surface area contributed by atoms with Gasteiger partial charge in [0.25, 0.3) is 17.5 Å².